The molecule has 6 saturated heterocycles. The molecule has 150 heavy (non-hydrogen) atoms. The fourth-order valence-corrected chi connectivity index (χ4v) is 35.5. The highest BCUT2D eigenvalue weighted by Crippen LogP contribution is 2.54. The number of Topliss-reactive ketones (excluding diaryl/α,β-unsaturated/α-hetero) is 6. The van der Waals surface area contributed by atoms with E-state index in [-0.39, 0.29) is 0 Å². The van der Waals surface area contributed by atoms with Gasteiger partial charge < -0.3 is 29.9 Å². The third kappa shape index (κ3) is 25.3. The molecule has 6 aromatic heterocycles. The number of hydrogen-bond acceptors (Lipinski definition) is 18. The number of rotatable bonds is 36. The van der Waals surface area contributed by atoms with Gasteiger partial charge in [0.2, 0.25) is 0 Å². The van der Waals surface area contributed by atoms with E-state index < -0.39 is 0 Å². The van der Waals surface area contributed by atoms with Crippen LogP contribution in [0.1, 0.15) is 262 Å². The van der Waals surface area contributed by atoms with Gasteiger partial charge in [0.05, 0.1) is 34.5 Å². The standard InChI is InChI=1S/6C21H28N2OS/c6*1-3-7-23-11-15(13-25-12-14(2)24)8-18-17-5-4-6-19-21(17)16(10-22-19)9-20(18)23/h6*4-6,10,15,18,20,22H,3,7-9,11-13H2,1-2H3/t6*15-,18-,20-/m111111/s1. The molecule has 0 saturated carbocycles. The second-order valence-electron chi connectivity index (χ2n) is 46.7. The second-order valence-corrected chi connectivity index (χ2v) is 52.8. The van der Waals surface area contributed by atoms with E-state index in [2.05, 4.69) is 247 Å². The van der Waals surface area contributed by atoms with Gasteiger partial charge in [0.15, 0.2) is 0 Å². The number of aromatic amines is 6. The number of piperidine rings is 6. The number of carbonyl (C=O) groups is 6. The average molecular weight is 2140 g/mol. The van der Waals surface area contributed by atoms with Crippen molar-refractivity contribution < 1.29 is 28.8 Å². The van der Waals surface area contributed by atoms with Crippen LogP contribution in [0.25, 0.3) is 65.4 Å². The third-order valence-electron chi connectivity index (χ3n) is 35.0. The summed E-state index contributed by atoms with van der Waals surface area (Å²) >= 11 is 10.9. The zero-order valence-corrected chi connectivity index (χ0v) is 96.4. The maximum atomic E-state index is 11.3. The van der Waals surface area contributed by atoms with E-state index in [0.717, 1.165) is 34.5 Å². The molecule has 6 fully saturated rings. The maximum Gasteiger partial charge on any atom is 0.139 e. The predicted octanol–water partition coefficient (Wildman–Crippen LogP) is 25.4. The van der Waals surface area contributed by atoms with Gasteiger partial charge in [0.1, 0.15) is 34.7 Å². The van der Waals surface area contributed by atoms with Crippen molar-refractivity contribution in [3.8, 4) is 0 Å². The van der Waals surface area contributed by atoms with Crippen LogP contribution in [0.15, 0.2) is 146 Å². The van der Waals surface area contributed by atoms with E-state index in [1.54, 1.807) is 74.9 Å². The summed E-state index contributed by atoms with van der Waals surface area (Å²) in [6, 6.07) is 44.4. The molecule has 18 atom stereocenters. The molecule has 24 heteroatoms. The average Bonchev–Trinajstić information content (AvgIpc) is 1.56. The van der Waals surface area contributed by atoms with Gasteiger partial charge in [-0.3, -0.25) is 58.2 Å². The zero-order chi connectivity index (χ0) is 104. The molecular formula is C126H168N12O6S6. The molecule has 0 spiro atoms. The van der Waals surface area contributed by atoms with Crippen LogP contribution in [-0.2, 0) is 67.3 Å². The van der Waals surface area contributed by atoms with Crippen molar-refractivity contribution in [2.24, 2.45) is 35.5 Å². The monoisotopic (exact) mass is 2140 g/mol. The minimum Gasteiger partial charge on any atom is -0.361 e. The molecule has 6 N–H and O–H groups in total. The molecule has 12 heterocycles. The summed E-state index contributed by atoms with van der Waals surface area (Å²) in [6.45, 7) is 38.2. The van der Waals surface area contributed by atoms with Crippen LogP contribution >= 0.6 is 70.6 Å². The molecule has 6 aliphatic heterocycles. The number of thioether (sulfide) groups is 6. The number of benzene rings is 6. The Morgan fingerprint density at radius 2 is 0.380 bits per heavy atom. The Morgan fingerprint density at radius 1 is 0.233 bits per heavy atom. The smallest absolute Gasteiger partial charge is 0.139 e. The largest absolute Gasteiger partial charge is 0.361 e. The lowest BCUT2D eigenvalue weighted by Crippen LogP contribution is -2.50. The summed E-state index contributed by atoms with van der Waals surface area (Å²) in [4.78, 5) is 105. The van der Waals surface area contributed by atoms with Crippen molar-refractivity contribution in [1.82, 2.24) is 59.3 Å². The van der Waals surface area contributed by atoms with E-state index in [1.807, 2.05) is 70.6 Å². The molecule has 0 bridgehead atoms. The van der Waals surface area contributed by atoms with E-state index in [1.165, 1.54) is 293 Å². The van der Waals surface area contributed by atoms with Gasteiger partial charge in [-0.1, -0.05) is 114 Å². The number of fused-ring (bicyclic) bond motifs is 12. The Labute approximate surface area is 918 Å². The first kappa shape index (κ1) is 111. The number of H-pyrrole nitrogens is 6. The number of ketones is 6. The summed E-state index contributed by atoms with van der Waals surface area (Å²) < 4.78 is 0. The number of carbonyl (C=O) groups excluding carboxylic acids is 6. The number of nitrogens with one attached hydrogen (secondary N) is 6. The predicted molar refractivity (Wildman–Crippen MR) is 639 cm³/mol. The summed E-state index contributed by atoms with van der Waals surface area (Å²) in [5, 5.41) is 8.90. The summed E-state index contributed by atoms with van der Waals surface area (Å²) in [6.07, 6.45) is 35.2. The Bertz CT molecular complexity index is 5620. The van der Waals surface area contributed by atoms with Crippen molar-refractivity contribution in [3.63, 3.8) is 0 Å². The van der Waals surface area contributed by atoms with Gasteiger partial charge in [-0.25, -0.2) is 0 Å². The van der Waals surface area contributed by atoms with Crippen molar-refractivity contribution in [2.45, 2.75) is 270 Å². The first-order valence-corrected chi connectivity index (χ1v) is 64.4. The molecule has 18 nitrogen and oxygen atoms in total. The van der Waals surface area contributed by atoms with Gasteiger partial charge in [-0.2, -0.15) is 70.6 Å². The quantitative estimate of drug-likeness (QED) is 0.0215. The Kier molecular flexibility index (Phi) is 38.1. The van der Waals surface area contributed by atoms with Crippen LogP contribution in [0.3, 0.4) is 0 Å². The third-order valence-corrected chi connectivity index (χ3v) is 42.9. The highest BCUT2D eigenvalue weighted by atomic mass is 32.2. The van der Waals surface area contributed by atoms with Gasteiger partial charge in [-0.05, 0) is 370 Å². The van der Waals surface area contributed by atoms with Gasteiger partial charge in [0.25, 0.3) is 0 Å². The summed E-state index contributed by atoms with van der Waals surface area (Å²) in [5.74, 6) is 20.3. The molecule has 24 rings (SSSR count). The van der Waals surface area contributed by atoms with Crippen LogP contribution in [0, 0.1) is 35.5 Å². The fraction of sp³-hybridized carbons (Fsp3) is 0.571. The van der Waals surface area contributed by atoms with Gasteiger partial charge in [-0.15, -0.1) is 0 Å². The van der Waals surface area contributed by atoms with E-state index in [4.69, 9.17) is 0 Å². The maximum absolute atomic E-state index is 11.3. The second kappa shape index (κ2) is 51.6. The van der Waals surface area contributed by atoms with E-state index in [9.17, 15) is 28.8 Å². The molecule has 12 aliphatic rings. The Balaban J connectivity index is 0.000000113. The van der Waals surface area contributed by atoms with Crippen LogP contribution < -0.4 is 0 Å². The SMILES string of the molecule is CCCN1C[C@H](CSCC(C)=O)C[C@@H]2c3cccc4[nH]cc(c34)C[C@H]21.CCCN1C[C@H](CSCC(C)=O)C[C@@H]2c3cccc4[nH]cc(c34)C[C@H]21.CCCN1C[C@H](CSCC(C)=O)C[C@@H]2c3cccc4[nH]cc(c34)C[C@H]21.CCCN1C[C@H](CSCC(C)=O)C[C@@H]2c3cccc4[nH]cc(c34)C[C@H]21.CCCN1C[C@H](CSCC(C)=O)C[C@@H]2c3cccc4[nH]cc(c34)C[C@H]21.CCCN1C[C@H](CSCC(C)=O)C[C@@H]2c3cccc4[nH]cc(c34)C[C@H]21. The Hall–Kier alpha value is -7.56. The van der Waals surface area contributed by atoms with Crippen molar-refractivity contribution in [3.05, 3.63) is 213 Å². The molecule has 0 amide bonds. The summed E-state index contributed by atoms with van der Waals surface area (Å²) in [7, 11) is 0. The number of likely N-dealkylation sites (tertiary alicyclic amines) is 6. The minimum absolute atomic E-state index is 0.295. The number of aromatic nitrogens is 6. The lowest BCUT2D eigenvalue weighted by molar-refractivity contribution is -0.115. The highest BCUT2D eigenvalue weighted by Gasteiger charge is 2.48. The zero-order valence-electron chi connectivity index (χ0n) is 91.5. The highest BCUT2D eigenvalue weighted by molar-refractivity contribution is 8.01. The summed E-state index contributed by atoms with van der Waals surface area (Å²) in [5.41, 5.74) is 26.0. The van der Waals surface area contributed by atoms with Crippen LogP contribution in [-0.4, -0.2) is 278 Å². The first-order chi connectivity index (χ1) is 73.0. The Morgan fingerprint density at radius 3 is 0.513 bits per heavy atom. The fourth-order valence-electron chi connectivity index (χ4n) is 29.6. The molecule has 6 aromatic carbocycles. The van der Waals surface area contributed by atoms with Crippen LogP contribution in [0.2, 0.25) is 0 Å². The van der Waals surface area contributed by atoms with Crippen LogP contribution in [0.5, 0.6) is 0 Å². The number of hydrogen-bond donors (Lipinski definition) is 6. The van der Waals surface area contributed by atoms with Crippen molar-refractivity contribution >= 4 is 171 Å². The minimum atomic E-state index is 0.295. The van der Waals surface area contributed by atoms with E-state index in [0.29, 0.717) is 176 Å². The van der Waals surface area contributed by atoms with Crippen LogP contribution in [0.4, 0.5) is 0 Å². The van der Waals surface area contributed by atoms with Crippen molar-refractivity contribution in [2.75, 3.05) is 148 Å². The molecule has 0 unspecified atom stereocenters. The lowest BCUT2D eigenvalue weighted by atomic mass is 9.72. The van der Waals surface area contributed by atoms with Gasteiger partial charge in [0, 0.05) is 214 Å². The topological polar surface area (TPSA) is 217 Å². The molecule has 6 aliphatic carbocycles. The normalized spacial score (nSPS) is 25.9. The molecular weight excluding hydrogens is 1970 g/mol. The molecule has 804 valence electrons. The van der Waals surface area contributed by atoms with Crippen molar-refractivity contribution in [1.29, 1.82) is 0 Å². The number of nitrogens with zero attached hydrogens (tertiary/aromatic N) is 6. The lowest BCUT2D eigenvalue weighted by Gasteiger charge is -2.47. The first-order valence-electron chi connectivity index (χ1n) is 57.4. The van der Waals surface area contributed by atoms with Gasteiger partial charge >= 0.3 is 0 Å². The van der Waals surface area contributed by atoms with E-state index >= 15 is 0 Å². The molecule has 12 aromatic rings. The molecule has 0 radical (unpaired) electrons.